The number of hydrogen-bond acceptors (Lipinski definition) is 7. The summed E-state index contributed by atoms with van der Waals surface area (Å²) in [6.07, 6.45) is -3.65. The number of aliphatic hydroxyl groups is 1. The van der Waals surface area contributed by atoms with E-state index in [1.165, 1.54) is 7.05 Å². The SMILES string of the molecule is Cc1ccc(NC(=O)N(C)c2cnn(C(F)(F)F)c2)cc1-c1cc(OC[C@@H](C)O)nc(N2CCOCC2)c1. The van der Waals surface area contributed by atoms with Crippen LogP contribution >= 0.6 is 0 Å². The Morgan fingerprint density at radius 2 is 2.00 bits per heavy atom. The predicted molar refractivity (Wildman–Crippen MR) is 136 cm³/mol. The zero-order valence-electron chi connectivity index (χ0n) is 21.2. The van der Waals surface area contributed by atoms with Gasteiger partial charge in [-0.1, -0.05) is 6.07 Å². The van der Waals surface area contributed by atoms with Crippen LogP contribution in [0.3, 0.4) is 0 Å². The van der Waals surface area contributed by atoms with E-state index in [0.29, 0.717) is 43.7 Å². The van der Waals surface area contributed by atoms with Crippen LogP contribution in [0.4, 0.5) is 35.2 Å². The minimum absolute atomic E-state index is 0.0173. The molecule has 0 spiro atoms. The number of urea groups is 1. The van der Waals surface area contributed by atoms with E-state index in [-0.39, 0.29) is 17.0 Å². The molecular weight excluding hydrogens is 505 g/mol. The highest BCUT2D eigenvalue weighted by atomic mass is 19.4. The van der Waals surface area contributed by atoms with E-state index in [9.17, 15) is 23.1 Å². The fourth-order valence-electron chi connectivity index (χ4n) is 3.84. The average molecular weight is 535 g/mol. The van der Waals surface area contributed by atoms with Crippen molar-refractivity contribution >= 4 is 23.2 Å². The number of aliphatic hydroxyl groups excluding tert-OH is 1. The zero-order chi connectivity index (χ0) is 27.4. The standard InChI is InChI=1S/C25H29F3N6O4/c1-16-4-5-19(30-24(36)32(3)20-13-29-34(14-20)25(26,27)28)12-21(16)18-10-22(33-6-8-37-9-7-33)31-23(11-18)38-15-17(2)35/h4-5,10-14,17,35H,6-9,15H2,1-3H3,(H,30,36)/t17-/m1/s1. The molecule has 10 nitrogen and oxygen atoms in total. The molecule has 1 atom stereocenters. The number of rotatable bonds is 7. The van der Waals surface area contributed by atoms with Crippen LogP contribution in [0.2, 0.25) is 0 Å². The maximum atomic E-state index is 12.9. The minimum Gasteiger partial charge on any atom is -0.475 e. The number of halogens is 3. The van der Waals surface area contributed by atoms with Gasteiger partial charge in [-0.15, -0.1) is 13.2 Å². The second-order valence-corrected chi connectivity index (χ2v) is 8.94. The molecular formula is C25H29F3N6O4. The van der Waals surface area contributed by atoms with Crippen molar-refractivity contribution in [1.29, 1.82) is 0 Å². The van der Waals surface area contributed by atoms with E-state index in [1.807, 2.05) is 19.1 Å². The number of aromatic nitrogens is 3. The quantitative estimate of drug-likeness (QED) is 0.472. The molecule has 38 heavy (non-hydrogen) atoms. The highest BCUT2D eigenvalue weighted by Crippen LogP contribution is 2.32. The van der Waals surface area contributed by atoms with Gasteiger partial charge in [-0.2, -0.15) is 14.8 Å². The minimum atomic E-state index is -4.68. The number of nitrogens with zero attached hydrogens (tertiary/aromatic N) is 5. The third kappa shape index (κ3) is 6.53. The Morgan fingerprint density at radius 3 is 2.66 bits per heavy atom. The number of aryl methyl sites for hydroxylation is 1. The Bertz CT molecular complexity index is 1270. The molecule has 204 valence electrons. The molecule has 3 heterocycles. The van der Waals surface area contributed by atoms with Crippen LogP contribution < -0.4 is 19.9 Å². The maximum absolute atomic E-state index is 12.9. The van der Waals surface area contributed by atoms with Crippen molar-refractivity contribution in [2.45, 2.75) is 26.3 Å². The molecule has 1 aromatic carbocycles. The van der Waals surface area contributed by atoms with Gasteiger partial charge >= 0.3 is 12.3 Å². The Kier molecular flexibility index (Phi) is 8.07. The Morgan fingerprint density at radius 1 is 1.26 bits per heavy atom. The number of ether oxygens (including phenoxy) is 2. The van der Waals surface area contributed by atoms with Crippen molar-refractivity contribution in [3.8, 4) is 17.0 Å². The highest BCUT2D eigenvalue weighted by molar-refractivity contribution is 6.01. The van der Waals surface area contributed by atoms with Gasteiger partial charge in [0.25, 0.3) is 0 Å². The molecule has 3 aromatic rings. The summed E-state index contributed by atoms with van der Waals surface area (Å²) in [7, 11) is 1.35. The van der Waals surface area contributed by atoms with Gasteiger partial charge in [0.1, 0.15) is 12.4 Å². The second-order valence-electron chi connectivity index (χ2n) is 8.94. The number of benzene rings is 1. The molecule has 0 bridgehead atoms. The third-order valence-electron chi connectivity index (χ3n) is 5.92. The molecule has 2 N–H and O–H groups in total. The number of pyridine rings is 1. The van der Waals surface area contributed by atoms with Gasteiger partial charge in [-0.05, 0) is 48.7 Å². The van der Waals surface area contributed by atoms with Crippen molar-refractivity contribution in [1.82, 2.24) is 14.8 Å². The monoisotopic (exact) mass is 534 g/mol. The molecule has 1 fully saturated rings. The van der Waals surface area contributed by atoms with Crippen LogP contribution in [0, 0.1) is 6.92 Å². The van der Waals surface area contributed by atoms with Crippen molar-refractivity contribution in [2.24, 2.45) is 0 Å². The molecule has 2 amide bonds. The zero-order valence-corrected chi connectivity index (χ0v) is 21.2. The second kappa shape index (κ2) is 11.3. The van der Waals surface area contributed by atoms with E-state index >= 15 is 0 Å². The van der Waals surface area contributed by atoms with E-state index in [2.05, 4.69) is 20.3 Å². The molecule has 13 heteroatoms. The fraction of sp³-hybridized carbons (Fsp3) is 0.400. The van der Waals surface area contributed by atoms with Crippen molar-refractivity contribution < 1.29 is 32.5 Å². The number of carbonyl (C=O) groups excluding carboxylic acids is 1. The molecule has 0 radical (unpaired) electrons. The number of hydrogen-bond donors (Lipinski definition) is 2. The topological polar surface area (TPSA) is 105 Å². The predicted octanol–water partition coefficient (Wildman–Crippen LogP) is 3.99. The summed E-state index contributed by atoms with van der Waals surface area (Å²) in [5, 5.41) is 15.7. The normalized spacial score (nSPS) is 14.8. The number of carbonyl (C=O) groups is 1. The number of amides is 2. The molecule has 0 unspecified atom stereocenters. The first-order valence-corrected chi connectivity index (χ1v) is 11.9. The first-order chi connectivity index (χ1) is 18.0. The van der Waals surface area contributed by atoms with Gasteiger partial charge in [0.05, 0.1) is 37.4 Å². The van der Waals surface area contributed by atoms with E-state index in [4.69, 9.17) is 9.47 Å². The lowest BCUT2D eigenvalue weighted by molar-refractivity contribution is -0.212. The van der Waals surface area contributed by atoms with Crippen LogP contribution in [0.1, 0.15) is 12.5 Å². The van der Waals surface area contributed by atoms with Crippen LogP contribution in [0.15, 0.2) is 42.7 Å². The molecule has 2 aromatic heterocycles. The smallest absolute Gasteiger partial charge is 0.475 e. The lowest BCUT2D eigenvalue weighted by Gasteiger charge is -2.28. The van der Waals surface area contributed by atoms with Crippen LogP contribution in [-0.2, 0) is 11.0 Å². The first kappa shape index (κ1) is 27.2. The number of morpholine rings is 1. The van der Waals surface area contributed by atoms with Gasteiger partial charge in [0.15, 0.2) is 0 Å². The van der Waals surface area contributed by atoms with E-state index < -0.39 is 18.4 Å². The third-order valence-corrected chi connectivity index (χ3v) is 5.92. The largest absolute Gasteiger partial charge is 0.504 e. The lowest BCUT2D eigenvalue weighted by Crippen LogP contribution is -2.36. The van der Waals surface area contributed by atoms with Crippen LogP contribution in [0.25, 0.3) is 11.1 Å². The Balaban J connectivity index is 1.60. The number of alkyl halides is 3. The summed E-state index contributed by atoms with van der Waals surface area (Å²) in [6.45, 7) is 6.10. The summed E-state index contributed by atoms with van der Waals surface area (Å²) < 4.78 is 49.6. The summed E-state index contributed by atoms with van der Waals surface area (Å²) in [5.74, 6) is 1.04. The summed E-state index contributed by atoms with van der Waals surface area (Å²) in [6, 6.07) is 8.36. The van der Waals surface area contributed by atoms with Gasteiger partial charge < -0.3 is 24.8 Å². The van der Waals surface area contributed by atoms with E-state index in [0.717, 1.165) is 34.0 Å². The van der Waals surface area contributed by atoms with Crippen LogP contribution in [-0.4, -0.2) is 72.0 Å². The Hall–Kier alpha value is -3.84. The number of anilines is 3. The van der Waals surface area contributed by atoms with Crippen molar-refractivity contribution in [3.05, 3.63) is 48.3 Å². The number of nitrogens with one attached hydrogen (secondary N) is 1. The summed E-state index contributed by atoms with van der Waals surface area (Å²) in [4.78, 5) is 20.5. The van der Waals surface area contributed by atoms with Gasteiger partial charge in [0.2, 0.25) is 5.88 Å². The summed E-state index contributed by atoms with van der Waals surface area (Å²) in [5.41, 5.74) is 2.94. The van der Waals surface area contributed by atoms with Gasteiger partial charge in [-0.25, -0.2) is 4.79 Å². The average Bonchev–Trinajstić information content (AvgIpc) is 3.39. The highest BCUT2D eigenvalue weighted by Gasteiger charge is 2.32. The van der Waals surface area contributed by atoms with Crippen LogP contribution in [0.5, 0.6) is 5.88 Å². The molecule has 0 saturated carbocycles. The molecule has 1 saturated heterocycles. The fourth-order valence-corrected chi connectivity index (χ4v) is 3.84. The molecule has 0 aliphatic carbocycles. The van der Waals surface area contributed by atoms with Crippen molar-refractivity contribution in [2.75, 3.05) is 55.1 Å². The summed E-state index contributed by atoms with van der Waals surface area (Å²) >= 11 is 0. The molecule has 1 aliphatic rings. The van der Waals surface area contributed by atoms with Gasteiger partial charge in [-0.3, -0.25) is 4.90 Å². The van der Waals surface area contributed by atoms with E-state index in [1.54, 1.807) is 25.1 Å². The van der Waals surface area contributed by atoms with Gasteiger partial charge in [0, 0.05) is 31.9 Å². The lowest BCUT2D eigenvalue weighted by atomic mass is 10.0. The maximum Gasteiger partial charge on any atom is 0.504 e. The molecule has 4 rings (SSSR count). The van der Waals surface area contributed by atoms with Crippen molar-refractivity contribution in [3.63, 3.8) is 0 Å². The molecule has 1 aliphatic heterocycles. The Labute approximate surface area is 217 Å². The first-order valence-electron chi connectivity index (χ1n) is 11.9.